The van der Waals surface area contributed by atoms with Gasteiger partial charge in [0.05, 0.1) is 10.5 Å². The van der Waals surface area contributed by atoms with Crippen LogP contribution in [0.15, 0.2) is 53.4 Å². The van der Waals surface area contributed by atoms with Crippen molar-refractivity contribution in [3.05, 3.63) is 68.1 Å². The van der Waals surface area contributed by atoms with Gasteiger partial charge in [0.25, 0.3) is 11.1 Å². The molecule has 0 spiro atoms. The van der Waals surface area contributed by atoms with Gasteiger partial charge in [-0.05, 0) is 70.3 Å². The van der Waals surface area contributed by atoms with Crippen LogP contribution in [-0.2, 0) is 4.79 Å². The molecule has 24 heavy (non-hydrogen) atoms. The first-order chi connectivity index (χ1) is 11.5. The van der Waals surface area contributed by atoms with Crippen molar-refractivity contribution in [2.75, 3.05) is 0 Å². The molecule has 120 valence electrons. The second-order valence-corrected chi connectivity index (χ2v) is 6.97. The number of imide groups is 1. The van der Waals surface area contributed by atoms with Crippen molar-refractivity contribution >= 4 is 57.5 Å². The molecule has 1 N–H and O–H groups in total. The van der Waals surface area contributed by atoms with Crippen LogP contribution in [0.1, 0.15) is 15.9 Å². The minimum absolute atomic E-state index is 0.307. The van der Waals surface area contributed by atoms with Gasteiger partial charge in [0.15, 0.2) is 0 Å². The highest BCUT2D eigenvalue weighted by molar-refractivity contribution is 14.1. The van der Waals surface area contributed by atoms with Crippen LogP contribution in [0.5, 0.6) is 5.75 Å². The van der Waals surface area contributed by atoms with E-state index in [0.29, 0.717) is 21.8 Å². The van der Waals surface area contributed by atoms with E-state index >= 15 is 0 Å². The Morgan fingerprint density at radius 2 is 1.92 bits per heavy atom. The van der Waals surface area contributed by atoms with Gasteiger partial charge < -0.3 is 4.74 Å². The molecule has 2 aromatic rings. The number of nitrogens with one attached hydrogen (secondary N) is 1. The fraction of sp³-hybridized carbons (Fsp3) is 0. The summed E-state index contributed by atoms with van der Waals surface area (Å²) in [5, 5.41) is 1.80. The SMILES string of the molecule is O=C1NC(=O)/C(=C/c2cccc(OC(=O)c3ccccc3I)c2)S1. The summed E-state index contributed by atoms with van der Waals surface area (Å²) in [5.74, 6) is -0.511. The van der Waals surface area contributed by atoms with E-state index in [2.05, 4.69) is 27.9 Å². The van der Waals surface area contributed by atoms with E-state index in [4.69, 9.17) is 4.74 Å². The Bertz CT molecular complexity index is 878. The third-order valence-corrected chi connectivity index (χ3v) is 4.85. The molecular formula is C17H10INO4S. The van der Waals surface area contributed by atoms with Gasteiger partial charge in [-0.3, -0.25) is 14.9 Å². The molecule has 1 heterocycles. The third kappa shape index (κ3) is 3.85. The lowest BCUT2D eigenvalue weighted by atomic mass is 10.2. The Balaban J connectivity index is 1.80. The average molecular weight is 451 g/mol. The van der Waals surface area contributed by atoms with Gasteiger partial charge in [0.2, 0.25) is 0 Å². The van der Waals surface area contributed by atoms with Crippen molar-refractivity contribution in [1.82, 2.24) is 5.32 Å². The molecule has 0 bridgehead atoms. The molecule has 2 amide bonds. The molecule has 0 radical (unpaired) electrons. The Morgan fingerprint density at radius 1 is 1.12 bits per heavy atom. The topological polar surface area (TPSA) is 72.5 Å². The fourth-order valence-corrected chi connectivity index (χ4v) is 3.32. The van der Waals surface area contributed by atoms with E-state index in [1.54, 1.807) is 42.5 Å². The van der Waals surface area contributed by atoms with Gasteiger partial charge in [-0.25, -0.2) is 4.79 Å². The summed E-state index contributed by atoms with van der Waals surface area (Å²) in [6, 6.07) is 13.9. The van der Waals surface area contributed by atoms with E-state index in [1.807, 2.05) is 12.1 Å². The number of rotatable bonds is 3. The second kappa shape index (κ2) is 7.18. The number of benzene rings is 2. The van der Waals surface area contributed by atoms with E-state index in [9.17, 15) is 14.4 Å². The molecule has 1 fully saturated rings. The Hall–Kier alpha value is -2.13. The predicted octanol–water partition coefficient (Wildman–Crippen LogP) is 3.83. The van der Waals surface area contributed by atoms with Crippen LogP contribution in [0.4, 0.5) is 4.79 Å². The molecule has 2 aromatic carbocycles. The molecule has 0 unspecified atom stereocenters. The fourth-order valence-electron chi connectivity index (χ4n) is 2.03. The minimum atomic E-state index is -0.451. The Labute approximate surface area is 155 Å². The number of amides is 2. The van der Waals surface area contributed by atoms with Crippen LogP contribution in [-0.4, -0.2) is 17.1 Å². The third-order valence-electron chi connectivity index (χ3n) is 3.10. The van der Waals surface area contributed by atoms with Gasteiger partial charge in [0.1, 0.15) is 5.75 Å². The maximum atomic E-state index is 12.2. The molecule has 1 saturated heterocycles. The smallest absolute Gasteiger partial charge is 0.344 e. The van der Waals surface area contributed by atoms with Crippen LogP contribution in [0.2, 0.25) is 0 Å². The number of carbonyl (C=O) groups excluding carboxylic acids is 3. The lowest BCUT2D eigenvalue weighted by Crippen LogP contribution is -2.17. The molecule has 7 heteroatoms. The van der Waals surface area contributed by atoms with Gasteiger partial charge in [-0.15, -0.1) is 0 Å². The lowest BCUT2D eigenvalue weighted by molar-refractivity contribution is -0.115. The number of hydrogen-bond acceptors (Lipinski definition) is 5. The summed E-state index contributed by atoms with van der Waals surface area (Å²) in [4.78, 5) is 35.3. The van der Waals surface area contributed by atoms with E-state index in [0.717, 1.165) is 15.3 Å². The summed E-state index contributed by atoms with van der Waals surface area (Å²) in [5.41, 5.74) is 1.15. The first kappa shape index (κ1) is 16.7. The number of thioether (sulfide) groups is 1. The molecule has 0 aliphatic carbocycles. The van der Waals surface area contributed by atoms with E-state index in [1.165, 1.54) is 0 Å². The summed E-state index contributed by atoms with van der Waals surface area (Å²) < 4.78 is 6.19. The summed E-state index contributed by atoms with van der Waals surface area (Å²) >= 11 is 2.91. The van der Waals surface area contributed by atoms with Gasteiger partial charge in [-0.1, -0.05) is 24.3 Å². The lowest BCUT2D eigenvalue weighted by Gasteiger charge is -2.06. The van der Waals surface area contributed by atoms with Crippen molar-refractivity contribution in [1.29, 1.82) is 0 Å². The van der Waals surface area contributed by atoms with E-state index < -0.39 is 17.1 Å². The summed E-state index contributed by atoms with van der Waals surface area (Å²) in [6.45, 7) is 0. The van der Waals surface area contributed by atoms with Gasteiger partial charge >= 0.3 is 5.97 Å². The largest absolute Gasteiger partial charge is 0.423 e. The van der Waals surface area contributed by atoms with Crippen LogP contribution in [0, 0.1) is 3.57 Å². The number of ether oxygens (including phenoxy) is 1. The summed E-state index contributed by atoms with van der Waals surface area (Å²) in [6.07, 6.45) is 1.58. The quantitative estimate of drug-likeness (QED) is 0.333. The maximum absolute atomic E-state index is 12.2. The average Bonchev–Trinajstić information content (AvgIpc) is 2.85. The first-order valence-corrected chi connectivity index (χ1v) is 8.74. The normalized spacial score (nSPS) is 15.5. The van der Waals surface area contributed by atoms with Crippen LogP contribution in [0.3, 0.4) is 0 Å². The zero-order valence-electron chi connectivity index (χ0n) is 12.1. The van der Waals surface area contributed by atoms with Crippen molar-refractivity contribution in [3.8, 4) is 5.75 Å². The molecular weight excluding hydrogens is 441 g/mol. The monoisotopic (exact) mass is 451 g/mol. The highest BCUT2D eigenvalue weighted by atomic mass is 127. The zero-order valence-corrected chi connectivity index (χ0v) is 15.1. The van der Waals surface area contributed by atoms with Crippen molar-refractivity contribution in [2.45, 2.75) is 0 Å². The summed E-state index contributed by atoms with van der Waals surface area (Å²) in [7, 11) is 0. The molecule has 1 aliphatic heterocycles. The van der Waals surface area contributed by atoms with Crippen LogP contribution >= 0.6 is 34.4 Å². The number of esters is 1. The highest BCUT2D eigenvalue weighted by Crippen LogP contribution is 2.27. The minimum Gasteiger partial charge on any atom is -0.423 e. The van der Waals surface area contributed by atoms with Crippen molar-refractivity contribution < 1.29 is 19.1 Å². The number of halogens is 1. The molecule has 3 rings (SSSR count). The number of carbonyl (C=O) groups is 3. The van der Waals surface area contributed by atoms with Crippen LogP contribution < -0.4 is 10.1 Å². The molecule has 5 nitrogen and oxygen atoms in total. The molecule has 1 aliphatic rings. The van der Waals surface area contributed by atoms with Gasteiger partial charge in [0, 0.05) is 3.57 Å². The maximum Gasteiger partial charge on any atom is 0.344 e. The molecule has 0 saturated carbocycles. The number of hydrogen-bond donors (Lipinski definition) is 1. The molecule has 0 atom stereocenters. The van der Waals surface area contributed by atoms with E-state index in [-0.39, 0.29) is 0 Å². The standard InChI is InChI=1S/C17H10INO4S/c18-13-7-2-1-6-12(13)16(21)23-11-5-3-4-10(8-11)9-14-15(20)19-17(22)24-14/h1-9H,(H,19,20,22)/b14-9-. The second-order valence-electron chi connectivity index (χ2n) is 4.79. The Morgan fingerprint density at radius 3 is 2.62 bits per heavy atom. The van der Waals surface area contributed by atoms with Crippen molar-refractivity contribution in [3.63, 3.8) is 0 Å². The Kier molecular flexibility index (Phi) is 5.00. The van der Waals surface area contributed by atoms with Crippen molar-refractivity contribution in [2.24, 2.45) is 0 Å². The zero-order chi connectivity index (χ0) is 17.1. The van der Waals surface area contributed by atoms with Crippen LogP contribution in [0.25, 0.3) is 6.08 Å². The first-order valence-electron chi connectivity index (χ1n) is 6.84. The molecule has 0 aromatic heterocycles. The van der Waals surface area contributed by atoms with Gasteiger partial charge in [-0.2, -0.15) is 0 Å². The highest BCUT2D eigenvalue weighted by Gasteiger charge is 2.24. The predicted molar refractivity (Wildman–Crippen MR) is 99.7 cm³/mol.